The quantitative estimate of drug-likeness (QED) is 0.591. The zero-order valence-corrected chi connectivity index (χ0v) is 8.33. The summed E-state index contributed by atoms with van der Waals surface area (Å²) in [5.74, 6) is 0.510. The van der Waals surface area contributed by atoms with E-state index in [0.29, 0.717) is 5.92 Å². The van der Waals surface area contributed by atoms with Crippen LogP contribution >= 0.6 is 0 Å². The maximum atomic E-state index is 11.2. The second-order valence-corrected chi connectivity index (χ2v) is 3.02. The number of hydrogen-bond donors (Lipinski definition) is 0. The summed E-state index contributed by atoms with van der Waals surface area (Å²) in [4.78, 5) is 11.2. The molecule has 0 aliphatic rings. The molecule has 0 rings (SSSR count). The van der Waals surface area contributed by atoms with E-state index in [0.717, 1.165) is 6.42 Å². The van der Waals surface area contributed by atoms with Crippen molar-refractivity contribution < 1.29 is 9.53 Å². The average Bonchev–Trinajstić information content (AvgIpc) is 2.11. The third-order valence-electron chi connectivity index (χ3n) is 1.99. The number of allylic oxidation sites excluding steroid dienone is 1. The Morgan fingerprint density at radius 3 is 2.50 bits per heavy atom. The topological polar surface area (TPSA) is 26.3 Å². The Morgan fingerprint density at radius 1 is 1.50 bits per heavy atom. The van der Waals surface area contributed by atoms with Gasteiger partial charge in [0.15, 0.2) is 5.78 Å². The number of rotatable bonds is 5. The standard InChI is InChI=1S/C10H18O2/c1-5-8(2)6-7-10(11)9(3)12-4/h6-9H,5H2,1-4H3. The number of methoxy groups -OCH3 is 1. The van der Waals surface area contributed by atoms with Crippen molar-refractivity contribution in [2.24, 2.45) is 5.92 Å². The summed E-state index contributed by atoms with van der Waals surface area (Å²) < 4.78 is 4.88. The van der Waals surface area contributed by atoms with Crippen LogP contribution in [0.5, 0.6) is 0 Å². The normalized spacial score (nSPS) is 16.3. The van der Waals surface area contributed by atoms with Gasteiger partial charge in [-0.25, -0.2) is 0 Å². The van der Waals surface area contributed by atoms with Gasteiger partial charge in [0.25, 0.3) is 0 Å². The van der Waals surface area contributed by atoms with Crippen molar-refractivity contribution in [3.05, 3.63) is 12.2 Å². The van der Waals surface area contributed by atoms with Crippen LogP contribution < -0.4 is 0 Å². The number of hydrogen-bond acceptors (Lipinski definition) is 2. The highest BCUT2D eigenvalue weighted by Gasteiger charge is 2.06. The monoisotopic (exact) mass is 170 g/mol. The molecule has 0 amide bonds. The Bertz CT molecular complexity index is 161. The maximum absolute atomic E-state index is 11.2. The molecule has 0 aromatic carbocycles. The molecular weight excluding hydrogens is 152 g/mol. The lowest BCUT2D eigenvalue weighted by atomic mass is 10.1. The van der Waals surface area contributed by atoms with Gasteiger partial charge in [0.05, 0.1) is 0 Å². The van der Waals surface area contributed by atoms with E-state index in [2.05, 4.69) is 13.8 Å². The fourth-order valence-electron chi connectivity index (χ4n) is 0.647. The molecule has 12 heavy (non-hydrogen) atoms. The molecule has 0 aliphatic carbocycles. The summed E-state index contributed by atoms with van der Waals surface area (Å²) in [5, 5.41) is 0. The highest BCUT2D eigenvalue weighted by atomic mass is 16.5. The molecular formula is C10H18O2. The van der Waals surface area contributed by atoms with Crippen LogP contribution in [0.2, 0.25) is 0 Å². The molecule has 0 spiro atoms. The third-order valence-corrected chi connectivity index (χ3v) is 1.99. The van der Waals surface area contributed by atoms with E-state index in [1.165, 1.54) is 0 Å². The van der Waals surface area contributed by atoms with Crippen molar-refractivity contribution >= 4 is 5.78 Å². The highest BCUT2D eigenvalue weighted by Crippen LogP contribution is 2.02. The van der Waals surface area contributed by atoms with Gasteiger partial charge in [0.1, 0.15) is 6.10 Å². The lowest BCUT2D eigenvalue weighted by molar-refractivity contribution is -0.122. The molecule has 0 aromatic rings. The summed E-state index contributed by atoms with van der Waals surface area (Å²) >= 11 is 0. The summed E-state index contributed by atoms with van der Waals surface area (Å²) in [7, 11) is 1.54. The van der Waals surface area contributed by atoms with Crippen molar-refractivity contribution in [2.45, 2.75) is 33.3 Å². The molecule has 0 fully saturated rings. The molecule has 70 valence electrons. The molecule has 2 atom stereocenters. The van der Waals surface area contributed by atoms with Crippen LogP contribution in [0.25, 0.3) is 0 Å². The minimum atomic E-state index is -0.315. The van der Waals surface area contributed by atoms with Crippen LogP contribution in [0, 0.1) is 5.92 Å². The Labute approximate surface area is 74.6 Å². The van der Waals surface area contributed by atoms with Gasteiger partial charge in [-0.1, -0.05) is 26.3 Å². The molecule has 0 radical (unpaired) electrons. The minimum Gasteiger partial charge on any atom is -0.374 e. The first kappa shape index (κ1) is 11.4. The molecule has 0 aromatic heterocycles. The summed E-state index contributed by atoms with van der Waals surface area (Å²) in [6.45, 7) is 5.93. The first-order valence-corrected chi connectivity index (χ1v) is 4.36. The van der Waals surface area contributed by atoms with Crippen LogP contribution in [0.1, 0.15) is 27.2 Å². The SMILES string of the molecule is CCC(C)C=CC(=O)C(C)OC. The Hall–Kier alpha value is -0.630. The van der Waals surface area contributed by atoms with Gasteiger partial charge < -0.3 is 4.74 Å². The molecule has 2 nitrogen and oxygen atoms in total. The van der Waals surface area contributed by atoms with E-state index in [9.17, 15) is 4.79 Å². The zero-order valence-electron chi connectivity index (χ0n) is 8.33. The van der Waals surface area contributed by atoms with E-state index in [-0.39, 0.29) is 11.9 Å². The summed E-state index contributed by atoms with van der Waals surface area (Å²) in [6, 6.07) is 0. The molecule has 0 saturated heterocycles. The van der Waals surface area contributed by atoms with E-state index in [1.54, 1.807) is 20.1 Å². The second-order valence-electron chi connectivity index (χ2n) is 3.02. The predicted octanol–water partition coefficient (Wildman–Crippen LogP) is 2.19. The van der Waals surface area contributed by atoms with Gasteiger partial charge in [0.2, 0.25) is 0 Å². The zero-order chi connectivity index (χ0) is 9.56. The number of carbonyl (C=O) groups is 1. The van der Waals surface area contributed by atoms with Crippen LogP contribution in [-0.2, 0) is 9.53 Å². The van der Waals surface area contributed by atoms with Gasteiger partial charge in [0, 0.05) is 7.11 Å². The van der Waals surface area contributed by atoms with Gasteiger partial charge >= 0.3 is 0 Å². The highest BCUT2D eigenvalue weighted by molar-refractivity contribution is 5.93. The Morgan fingerprint density at radius 2 is 2.08 bits per heavy atom. The fraction of sp³-hybridized carbons (Fsp3) is 0.700. The van der Waals surface area contributed by atoms with Gasteiger partial charge in [-0.3, -0.25) is 4.79 Å². The van der Waals surface area contributed by atoms with Crippen LogP contribution in [0.3, 0.4) is 0 Å². The van der Waals surface area contributed by atoms with E-state index in [4.69, 9.17) is 4.74 Å². The molecule has 0 aliphatic heterocycles. The van der Waals surface area contributed by atoms with E-state index >= 15 is 0 Å². The van der Waals surface area contributed by atoms with Crippen LogP contribution in [0.15, 0.2) is 12.2 Å². The predicted molar refractivity (Wildman–Crippen MR) is 50.1 cm³/mol. The van der Waals surface area contributed by atoms with E-state index < -0.39 is 0 Å². The summed E-state index contributed by atoms with van der Waals surface area (Å²) in [5.41, 5.74) is 0. The van der Waals surface area contributed by atoms with Crippen molar-refractivity contribution in [3.8, 4) is 0 Å². The summed E-state index contributed by atoms with van der Waals surface area (Å²) in [6.07, 6.45) is 4.29. The van der Waals surface area contributed by atoms with Crippen molar-refractivity contribution in [2.75, 3.05) is 7.11 Å². The molecule has 2 heteroatoms. The average molecular weight is 170 g/mol. The van der Waals surface area contributed by atoms with Crippen molar-refractivity contribution in [3.63, 3.8) is 0 Å². The van der Waals surface area contributed by atoms with Crippen molar-refractivity contribution in [1.82, 2.24) is 0 Å². The van der Waals surface area contributed by atoms with Crippen LogP contribution in [-0.4, -0.2) is 19.0 Å². The largest absolute Gasteiger partial charge is 0.374 e. The lowest BCUT2D eigenvalue weighted by Gasteiger charge is -2.04. The van der Waals surface area contributed by atoms with Gasteiger partial charge in [-0.15, -0.1) is 0 Å². The number of ether oxygens (including phenoxy) is 1. The Balaban J connectivity index is 3.90. The third kappa shape index (κ3) is 4.29. The lowest BCUT2D eigenvalue weighted by Crippen LogP contribution is -2.16. The fourth-order valence-corrected chi connectivity index (χ4v) is 0.647. The molecule has 2 unspecified atom stereocenters. The van der Waals surface area contributed by atoms with Gasteiger partial charge in [-0.05, 0) is 18.9 Å². The smallest absolute Gasteiger partial charge is 0.183 e. The molecule has 0 heterocycles. The molecule has 0 N–H and O–H groups in total. The minimum absolute atomic E-state index is 0.0396. The Kier molecular flexibility index (Phi) is 5.64. The molecule has 0 bridgehead atoms. The number of ketones is 1. The number of carbonyl (C=O) groups excluding carboxylic acids is 1. The van der Waals surface area contributed by atoms with Gasteiger partial charge in [-0.2, -0.15) is 0 Å². The second kappa shape index (κ2) is 5.95. The first-order chi connectivity index (χ1) is 5.61. The maximum Gasteiger partial charge on any atom is 0.183 e. The van der Waals surface area contributed by atoms with Crippen LogP contribution in [0.4, 0.5) is 0 Å². The van der Waals surface area contributed by atoms with Crippen molar-refractivity contribution in [1.29, 1.82) is 0 Å². The first-order valence-electron chi connectivity index (χ1n) is 4.36. The molecule has 0 saturated carbocycles. The van der Waals surface area contributed by atoms with E-state index in [1.807, 2.05) is 6.08 Å².